The van der Waals surface area contributed by atoms with Crippen molar-refractivity contribution in [3.63, 3.8) is 0 Å². The average molecular weight is 335 g/mol. The van der Waals surface area contributed by atoms with Gasteiger partial charge in [-0.2, -0.15) is 13.2 Å². The first-order valence-corrected chi connectivity index (χ1v) is 7.26. The molecule has 24 heavy (non-hydrogen) atoms. The van der Waals surface area contributed by atoms with Crippen LogP contribution in [0.2, 0.25) is 0 Å². The maximum absolute atomic E-state index is 12.4. The van der Waals surface area contributed by atoms with Gasteiger partial charge in [0.05, 0.1) is 11.9 Å². The van der Waals surface area contributed by atoms with Crippen LogP contribution in [-0.2, 0) is 0 Å². The fraction of sp³-hybridized carbons (Fsp3) is 0.250. The summed E-state index contributed by atoms with van der Waals surface area (Å²) in [6.07, 6.45) is 0.456. The zero-order valence-electron chi connectivity index (χ0n) is 13.2. The van der Waals surface area contributed by atoms with E-state index < -0.39 is 12.7 Å². The number of fused-ring (bicyclic) bond motifs is 1. The van der Waals surface area contributed by atoms with E-state index in [2.05, 4.69) is 15.3 Å². The van der Waals surface area contributed by atoms with Gasteiger partial charge in [-0.25, -0.2) is 9.97 Å². The Hall–Kier alpha value is -2.77. The van der Waals surface area contributed by atoms with Crippen LogP contribution in [-0.4, -0.2) is 41.2 Å². The molecule has 0 aliphatic heterocycles. The third-order valence-corrected chi connectivity index (χ3v) is 3.55. The van der Waals surface area contributed by atoms with E-state index in [0.29, 0.717) is 5.65 Å². The van der Waals surface area contributed by atoms with Crippen molar-refractivity contribution >= 4 is 17.2 Å². The third-order valence-electron chi connectivity index (χ3n) is 3.55. The molecule has 0 amide bonds. The highest BCUT2D eigenvalue weighted by Crippen LogP contribution is 2.31. The van der Waals surface area contributed by atoms with Crippen molar-refractivity contribution in [3.05, 3.63) is 42.9 Å². The maximum atomic E-state index is 12.4. The number of anilines is 2. The van der Waals surface area contributed by atoms with Gasteiger partial charge < -0.3 is 10.2 Å². The first kappa shape index (κ1) is 16.1. The Kier molecular flexibility index (Phi) is 4.04. The maximum Gasteiger partial charge on any atom is 0.405 e. The summed E-state index contributed by atoms with van der Waals surface area (Å²) >= 11 is 0. The molecule has 5 nitrogen and oxygen atoms in total. The largest absolute Gasteiger partial charge is 0.405 e. The first-order chi connectivity index (χ1) is 11.4. The van der Waals surface area contributed by atoms with Crippen molar-refractivity contribution in [2.45, 2.75) is 6.18 Å². The monoisotopic (exact) mass is 335 g/mol. The second kappa shape index (κ2) is 6.03. The molecule has 1 N–H and O–H groups in total. The van der Waals surface area contributed by atoms with Crippen molar-refractivity contribution in [2.75, 3.05) is 30.9 Å². The topological polar surface area (TPSA) is 45.5 Å². The molecule has 2 aromatic heterocycles. The van der Waals surface area contributed by atoms with Crippen LogP contribution in [0, 0.1) is 0 Å². The van der Waals surface area contributed by atoms with E-state index in [0.717, 1.165) is 16.9 Å². The van der Waals surface area contributed by atoms with Gasteiger partial charge in [0.1, 0.15) is 6.54 Å². The Morgan fingerprint density at radius 1 is 1.17 bits per heavy atom. The lowest BCUT2D eigenvalue weighted by Gasteiger charge is -2.17. The van der Waals surface area contributed by atoms with Crippen LogP contribution in [0.25, 0.3) is 16.9 Å². The molecule has 1 aromatic carbocycles. The van der Waals surface area contributed by atoms with Crippen LogP contribution in [0.3, 0.4) is 0 Å². The molecule has 126 valence electrons. The van der Waals surface area contributed by atoms with Crippen molar-refractivity contribution in [2.24, 2.45) is 0 Å². The second-order valence-electron chi connectivity index (χ2n) is 5.49. The minimum atomic E-state index is -4.32. The van der Waals surface area contributed by atoms with Crippen molar-refractivity contribution in [1.29, 1.82) is 0 Å². The number of alkyl halides is 3. The average Bonchev–Trinajstić information content (AvgIpc) is 2.96. The van der Waals surface area contributed by atoms with E-state index in [1.54, 1.807) is 16.8 Å². The van der Waals surface area contributed by atoms with E-state index in [1.165, 1.54) is 6.20 Å². The summed E-state index contributed by atoms with van der Waals surface area (Å²) in [5.41, 5.74) is 3.06. The SMILES string of the molecule is CN(C)c1ccccc1-c1cnc2c(NCC(F)(F)F)nccn12. The molecule has 2 heterocycles. The Morgan fingerprint density at radius 2 is 1.92 bits per heavy atom. The van der Waals surface area contributed by atoms with Gasteiger partial charge in [0.25, 0.3) is 0 Å². The number of nitrogens with one attached hydrogen (secondary N) is 1. The van der Waals surface area contributed by atoms with Crippen molar-refractivity contribution in [3.8, 4) is 11.3 Å². The number of benzene rings is 1. The van der Waals surface area contributed by atoms with Crippen LogP contribution >= 0.6 is 0 Å². The highest BCUT2D eigenvalue weighted by Gasteiger charge is 2.27. The third kappa shape index (κ3) is 3.12. The molecule has 8 heteroatoms. The molecule has 0 fully saturated rings. The molecule has 0 spiro atoms. The predicted octanol–water partition coefficient (Wildman–Crippen LogP) is 3.44. The van der Waals surface area contributed by atoms with Crippen LogP contribution in [0.4, 0.5) is 24.7 Å². The lowest BCUT2D eigenvalue weighted by atomic mass is 10.1. The van der Waals surface area contributed by atoms with Crippen LogP contribution in [0.1, 0.15) is 0 Å². The molecule has 3 rings (SSSR count). The Labute approximate surface area is 136 Å². The minimum Gasteiger partial charge on any atom is -0.377 e. The fourth-order valence-electron chi connectivity index (χ4n) is 2.51. The molecule has 0 saturated heterocycles. The lowest BCUT2D eigenvalue weighted by molar-refractivity contribution is -0.115. The van der Waals surface area contributed by atoms with Crippen molar-refractivity contribution in [1.82, 2.24) is 14.4 Å². The number of para-hydroxylation sites is 1. The molecule has 0 radical (unpaired) electrons. The molecule has 0 saturated carbocycles. The lowest BCUT2D eigenvalue weighted by Crippen LogP contribution is -2.22. The van der Waals surface area contributed by atoms with Crippen LogP contribution in [0.5, 0.6) is 0 Å². The van der Waals surface area contributed by atoms with E-state index >= 15 is 0 Å². The van der Waals surface area contributed by atoms with Gasteiger partial charge in [-0.3, -0.25) is 4.40 Å². The summed E-state index contributed by atoms with van der Waals surface area (Å²) in [5.74, 6) is 0.100. The van der Waals surface area contributed by atoms with Gasteiger partial charge in [0.15, 0.2) is 11.5 Å². The van der Waals surface area contributed by atoms with E-state index in [9.17, 15) is 13.2 Å². The fourth-order valence-corrected chi connectivity index (χ4v) is 2.51. The van der Waals surface area contributed by atoms with Crippen molar-refractivity contribution < 1.29 is 13.2 Å². The quantitative estimate of drug-likeness (QED) is 0.793. The molecule has 0 atom stereocenters. The highest BCUT2D eigenvalue weighted by molar-refractivity contribution is 5.79. The molecule has 0 aliphatic rings. The number of hydrogen-bond acceptors (Lipinski definition) is 4. The molecule has 0 unspecified atom stereocenters. The molecular weight excluding hydrogens is 319 g/mol. The molecule has 3 aromatic rings. The number of halogens is 3. The number of nitrogens with zero attached hydrogens (tertiary/aromatic N) is 4. The number of aromatic nitrogens is 3. The molecule has 0 bridgehead atoms. The van der Waals surface area contributed by atoms with Crippen LogP contribution in [0.15, 0.2) is 42.9 Å². The zero-order chi connectivity index (χ0) is 17.3. The number of hydrogen-bond donors (Lipinski definition) is 1. The first-order valence-electron chi connectivity index (χ1n) is 7.26. The van der Waals surface area contributed by atoms with Gasteiger partial charge in [-0.05, 0) is 6.07 Å². The normalized spacial score (nSPS) is 11.7. The van der Waals surface area contributed by atoms with Gasteiger partial charge in [-0.15, -0.1) is 0 Å². The van der Waals surface area contributed by atoms with Gasteiger partial charge in [-0.1, -0.05) is 18.2 Å². The number of imidazole rings is 1. The second-order valence-corrected chi connectivity index (χ2v) is 5.49. The Bertz CT molecular complexity index is 854. The number of rotatable bonds is 4. The highest BCUT2D eigenvalue weighted by atomic mass is 19.4. The standard InChI is InChI=1S/C16H16F3N5/c1-23(2)12-6-4-3-5-11(12)13-9-21-15-14(20-7-8-24(13)15)22-10-16(17,18)19/h3-9H,10H2,1-2H3,(H,20,22). The summed E-state index contributed by atoms with van der Waals surface area (Å²) in [6.45, 7) is -1.16. The Balaban J connectivity index is 2.06. The molecule has 0 aliphatic carbocycles. The zero-order valence-corrected chi connectivity index (χ0v) is 13.2. The van der Waals surface area contributed by atoms with Gasteiger partial charge >= 0.3 is 6.18 Å². The summed E-state index contributed by atoms with van der Waals surface area (Å²) in [6, 6.07) is 7.76. The minimum absolute atomic E-state index is 0.100. The molecular formula is C16H16F3N5. The summed E-state index contributed by atoms with van der Waals surface area (Å²) < 4.78 is 39.0. The summed E-state index contributed by atoms with van der Waals surface area (Å²) in [4.78, 5) is 10.2. The summed E-state index contributed by atoms with van der Waals surface area (Å²) in [7, 11) is 3.86. The van der Waals surface area contributed by atoms with E-state index in [-0.39, 0.29) is 5.82 Å². The smallest absolute Gasteiger partial charge is 0.377 e. The van der Waals surface area contributed by atoms with E-state index in [4.69, 9.17) is 0 Å². The van der Waals surface area contributed by atoms with Gasteiger partial charge in [0.2, 0.25) is 0 Å². The summed E-state index contributed by atoms with van der Waals surface area (Å²) in [5, 5.41) is 2.30. The Morgan fingerprint density at radius 3 is 2.62 bits per heavy atom. The van der Waals surface area contributed by atoms with E-state index in [1.807, 2.05) is 43.3 Å². The van der Waals surface area contributed by atoms with Gasteiger partial charge in [0, 0.05) is 37.7 Å². The predicted molar refractivity (Wildman–Crippen MR) is 87.3 cm³/mol. The van der Waals surface area contributed by atoms with Crippen LogP contribution < -0.4 is 10.2 Å².